The highest BCUT2D eigenvalue weighted by Gasteiger charge is 2.31. The Bertz CT molecular complexity index is 2380. The lowest BCUT2D eigenvalue weighted by Gasteiger charge is -2.21. The summed E-state index contributed by atoms with van der Waals surface area (Å²) in [5.41, 5.74) is 2.37. The Kier molecular flexibility index (Phi) is 10.7. The van der Waals surface area contributed by atoms with Gasteiger partial charge in [-0.25, -0.2) is 4.79 Å². The molecule has 6 nitrogen and oxygen atoms in total. The molecule has 0 heterocycles. The molecule has 2 atom stereocenters. The van der Waals surface area contributed by atoms with Crippen molar-refractivity contribution >= 4 is 52.1 Å². The van der Waals surface area contributed by atoms with Gasteiger partial charge >= 0.3 is 5.97 Å². The number of aryl methyl sites for hydroxylation is 1. The van der Waals surface area contributed by atoms with E-state index in [1.165, 1.54) is 0 Å². The molecular formula is C45H36O6P2. The van der Waals surface area contributed by atoms with Gasteiger partial charge < -0.3 is 18.8 Å². The fourth-order valence-electron chi connectivity index (χ4n) is 6.07. The Morgan fingerprint density at radius 3 is 1.30 bits per heavy atom. The van der Waals surface area contributed by atoms with Crippen molar-refractivity contribution in [1.29, 1.82) is 0 Å². The molecule has 0 aliphatic rings. The molecule has 7 aromatic carbocycles. The van der Waals surface area contributed by atoms with Crippen molar-refractivity contribution in [3.8, 4) is 11.5 Å². The Hall–Kier alpha value is -5.77. The monoisotopic (exact) mass is 734 g/mol. The average molecular weight is 735 g/mol. The van der Waals surface area contributed by atoms with Crippen LogP contribution in [0.5, 0.6) is 11.5 Å². The predicted octanol–water partition coefficient (Wildman–Crippen LogP) is 8.00. The van der Waals surface area contributed by atoms with Crippen molar-refractivity contribution in [2.45, 2.75) is 13.5 Å². The van der Waals surface area contributed by atoms with Gasteiger partial charge in [0, 0.05) is 31.8 Å². The molecule has 0 N–H and O–H groups in total. The molecule has 0 radical (unpaired) electrons. The summed E-state index contributed by atoms with van der Waals surface area (Å²) in [4.78, 5) is 24.2. The maximum absolute atomic E-state index is 15.0. The molecule has 0 saturated carbocycles. The summed E-state index contributed by atoms with van der Waals surface area (Å²) >= 11 is 0. The van der Waals surface area contributed by atoms with Gasteiger partial charge in [0.1, 0.15) is 12.4 Å². The van der Waals surface area contributed by atoms with E-state index >= 15 is 4.57 Å². The van der Waals surface area contributed by atoms with Crippen LogP contribution in [0.4, 0.5) is 0 Å². The molecule has 0 fully saturated rings. The van der Waals surface area contributed by atoms with Gasteiger partial charge in [0.2, 0.25) is 0 Å². The van der Waals surface area contributed by atoms with Crippen LogP contribution in [0.3, 0.4) is 0 Å². The van der Waals surface area contributed by atoms with E-state index in [4.69, 9.17) is 14.5 Å². The minimum absolute atomic E-state index is 0.289. The number of esters is 1. The Morgan fingerprint density at radius 1 is 0.453 bits per heavy atom. The van der Waals surface area contributed by atoms with Crippen molar-refractivity contribution in [1.82, 2.24) is 0 Å². The summed E-state index contributed by atoms with van der Waals surface area (Å²) in [7, 11) is -6.52. The molecule has 0 bridgehead atoms. The number of carbonyl (C=O) groups excluding carboxylic acids is 1. The van der Waals surface area contributed by atoms with Crippen molar-refractivity contribution < 1.29 is 28.4 Å². The summed E-state index contributed by atoms with van der Waals surface area (Å²) in [5, 5.41) is 3.90. The molecule has 8 heteroatoms. The minimum Gasteiger partial charge on any atom is -0.423 e. The lowest BCUT2D eigenvalue weighted by atomic mass is 10.2. The maximum Gasteiger partial charge on any atom is 0.343 e. The first-order chi connectivity index (χ1) is 25.8. The van der Waals surface area contributed by atoms with Crippen LogP contribution in [0.2, 0.25) is 0 Å². The number of benzene rings is 7. The zero-order valence-corrected chi connectivity index (χ0v) is 30.7. The van der Waals surface area contributed by atoms with Crippen molar-refractivity contribution in [3.05, 3.63) is 205 Å². The number of hydrogen-bond acceptors (Lipinski definition) is 6. The highest BCUT2D eigenvalue weighted by molar-refractivity contribution is 7.85. The number of rotatable bonds is 12. The van der Waals surface area contributed by atoms with Gasteiger partial charge in [-0.3, -0.25) is 0 Å². The molecule has 0 saturated heterocycles. The summed E-state index contributed by atoms with van der Waals surface area (Å²) < 4.78 is 35.5. The fourth-order valence-corrected chi connectivity index (χ4v) is 11.3. The van der Waals surface area contributed by atoms with Crippen LogP contribution in [-0.2, 0) is 20.6 Å². The van der Waals surface area contributed by atoms with E-state index in [1.54, 1.807) is 72.8 Å². The molecule has 0 aromatic heterocycles. The second-order valence-electron chi connectivity index (χ2n) is 12.5. The Labute approximate surface area is 309 Å². The highest BCUT2D eigenvalue weighted by atomic mass is 31.2. The molecular weight excluding hydrogens is 698 g/mol. The first-order valence-electron chi connectivity index (χ1n) is 17.1. The molecule has 7 aromatic rings. The van der Waals surface area contributed by atoms with E-state index in [1.807, 2.05) is 122 Å². The van der Waals surface area contributed by atoms with Crippen LogP contribution in [0, 0.1) is 6.92 Å². The third-order valence-electron chi connectivity index (χ3n) is 8.94. The normalized spacial score (nSPS) is 13.3. The summed E-state index contributed by atoms with van der Waals surface area (Å²) in [6.45, 7) is 2.28. The van der Waals surface area contributed by atoms with E-state index in [0.29, 0.717) is 43.6 Å². The first kappa shape index (κ1) is 35.6. The largest absolute Gasteiger partial charge is 0.423 e. The predicted molar refractivity (Wildman–Crippen MR) is 213 cm³/mol. The van der Waals surface area contributed by atoms with Crippen LogP contribution in [0.1, 0.15) is 21.5 Å². The third kappa shape index (κ3) is 7.72. The number of ether oxygens (including phenoxy) is 1. The van der Waals surface area contributed by atoms with Crippen molar-refractivity contribution in [2.75, 3.05) is 0 Å². The van der Waals surface area contributed by atoms with E-state index < -0.39 is 20.3 Å². The average Bonchev–Trinajstić information content (AvgIpc) is 3.22. The van der Waals surface area contributed by atoms with Gasteiger partial charge in [0.05, 0.1) is 5.56 Å². The van der Waals surface area contributed by atoms with Crippen LogP contribution in [-0.4, -0.2) is 5.97 Å². The second-order valence-corrected chi connectivity index (χ2v) is 18.0. The van der Waals surface area contributed by atoms with Crippen molar-refractivity contribution in [2.24, 2.45) is 0 Å². The molecule has 2 unspecified atom stereocenters. The van der Waals surface area contributed by atoms with Crippen molar-refractivity contribution in [3.63, 3.8) is 0 Å². The molecule has 0 spiro atoms. The van der Waals surface area contributed by atoms with Crippen LogP contribution < -0.4 is 41.5 Å². The first-order valence-corrected chi connectivity index (χ1v) is 20.5. The number of hydrogen-bond donors (Lipinski definition) is 0. The number of carbonyl (C=O) groups is 1. The molecule has 53 heavy (non-hydrogen) atoms. The lowest BCUT2D eigenvalue weighted by Crippen LogP contribution is -2.25. The van der Waals surface area contributed by atoms with Gasteiger partial charge in [0.15, 0.2) is 20.0 Å². The maximum atomic E-state index is 15.0. The van der Waals surface area contributed by atoms with Crippen LogP contribution in [0.15, 0.2) is 188 Å². The quantitative estimate of drug-likeness (QED) is 0.0417. The Balaban J connectivity index is 1.09. The van der Waals surface area contributed by atoms with Crippen LogP contribution in [0.25, 0.3) is 0 Å². The summed E-state index contributed by atoms with van der Waals surface area (Å²) in [6, 6.07) is 56.6. The second kappa shape index (κ2) is 15.9. The van der Waals surface area contributed by atoms with E-state index in [9.17, 15) is 9.36 Å². The summed E-state index contributed by atoms with van der Waals surface area (Å²) in [5.74, 6) is 0.222. The molecule has 0 amide bonds. The van der Waals surface area contributed by atoms with Gasteiger partial charge in [-0.1, -0.05) is 133 Å². The molecule has 0 aliphatic heterocycles. The smallest absolute Gasteiger partial charge is 0.343 e. The van der Waals surface area contributed by atoms with Crippen LogP contribution >= 0.6 is 14.3 Å². The zero-order valence-electron chi connectivity index (χ0n) is 28.9. The molecule has 7 rings (SSSR count). The van der Waals surface area contributed by atoms with E-state index in [0.717, 1.165) is 16.4 Å². The van der Waals surface area contributed by atoms with Gasteiger partial charge in [0.25, 0.3) is 0 Å². The van der Waals surface area contributed by atoms with Gasteiger partial charge in [-0.05, 0) is 73.2 Å². The zero-order chi connectivity index (χ0) is 36.7. The Morgan fingerprint density at radius 2 is 0.830 bits per heavy atom. The standard InChI is InChI=1S/C45H36O6P2/c1-34-17-25-41(26-18-34)52(47,39-13-7-3-8-14-39)42-27-19-36(20-28-42)45(46)50-37-21-29-43(30-22-37)53(48,40-15-9-4-10-16-40)44-31-23-38(24-32-44)51-49-33-35-11-5-2-6-12-35/h2-32H,33H2,1H3. The lowest BCUT2D eigenvalue weighted by molar-refractivity contribution is -0.217. The fraction of sp³-hybridized carbons (Fsp3) is 0.0444. The van der Waals surface area contributed by atoms with E-state index in [2.05, 4.69) is 0 Å². The van der Waals surface area contributed by atoms with Gasteiger partial charge in [-0.15, -0.1) is 0 Å². The highest BCUT2D eigenvalue weighted by Crippen LogP contribution is 2.44. The minimum atomic E-state index is -3.32. The van der Waals surface area contributed by atoms with E-state index in [-0.39, 0.29) is 6.61 Å². The van der Waals surface area contributed by atoms with Gasteiger partial charge in [-0.2, -0.15) is 4.89 Å². The third-order valence-corrected chi connectivity index (χ3v) is 15.1. The topological polar surface area (TPSA) is 78.9 Å². The SMILES string of the molecule is Cc1ccc(P(=O)(c2ccccc2)c2ccc(C(=O)Oc3ccc(P(=O)(c4ccccc4)c4ccc(OOCc5ccccc5)cc4)cc3)cc2)cc1. The molecule has 0 aliphatic carbocycles. The summed E-state index contributed by atoms with van der Waals surface area (Å²) in [6.07, 6.45) is 0. The molecule has 262 valence electrons.